The third-order valence-corrected chi connectivity index (χ3v) is 5.41. The van der Waals surface area contributed by atoms with Crippen LogP contribution < -0.4 is 10.6 Å². The number of carbonyl (C=O) groups is 2. The van der Waals surface area contributed by atoms with E-state index in [1.54, 1.807) is 0 Å². The van der Waals surface area contributed by atoms with E-state index in [1.807, 2.05) is 0 Å². The largest absolute Gasteiger partial charge is 0.481 e. The number of urea groups is 1. The Balaban J connectivity index is 1.79. The highest BCUT2D eigenvalue weighted by Gasteiger charge is 2.65. The van der Waals surface area contributed by atoms with Gasteiger partial charge in [0.1, 0.15) is 0 Å². The fraction of sp³-hybridized carbons (Fsp3) is 0.857. The van der Waals surface area contributed by atoms with Gasteiger partial charge in [-0.15, -0.1) is 0 Å². The fourth-order valence-corrected chi connectivity index (χ4v) is 3.25. The van der Waals surface area contributed by atoms with Crippen LogP contribution in [0.25, 0.3) is 0 Å². The summed E-state index contributed by atoms with van der Waals surface area (Å²) in [6.45, 7) is 8.59. The molecule has 3 N–H and O–H groups in total. The normalized spacial score (nSPS) is 31.8. The van der Waals surface area contributed by atoms with Crippen molar-refractivity contribution in [1.82, 2.24) is 10.6 Å². The van der Waals surface area contributed by atoms with Gasteiger partial charge >= 0.3 is 12.0 Å². The molecule has 0 aromatic heterocycles. The molecule has 0 aromatic rings. The van der Waals surface area contributed by atoms with Crippen molar-refractivity contribution >= 4 is 12.0 Å². The van der Waals surface area contributed by atoms with Gasteiger partial charge < -0.3 is 15.7 Å². The molecule has 5 heteroatoms. The van der Waals surface area contributed by atoms with Crippen LogP contribution in [0.1, 0.15) is 47.0 Å². The standard InChI is InChI=1S/C14H24N2O3/c1-13(2)11(14(13,3)4)16-12(19)15-9-6-5-8(7-9)10(17)18/h8-9,11H,5-7H2,1-4H3,(H,17,18)(H2,15,16,19)/t8-,9+/m1/s1. The predicted molar refractivity (Wildman–Crippen MR) is 71.8 cm³/mol. The van der Waals surface area contributed by atoms with Gasteiger partial charge in [0.05, 0.1) is 5.92 Å². The van der Waals surface area contributed by atoms with Crippen molar-refractivity contribution < 1.29 is 14.7 Å². The van der Waals surface area contributed by atoms with Crippen LogP contribution in [0.3, 0.4) is 0 Å². The van der Waals surface area contributed by atoms with Gasteiger partial charge in [-0.2, -0.15) is 0 Å². The minimum atomic E-state index is -0.755. The van der Waals surface area contributed by atoms with Crippen molar-refractivity contribution in [3.8, 4) is 0 Å². The van der Waals surface area contributed by atoms with Gasteiger partial charge in [0.15, 0.2) is 0 Å². The highest BCUT2D eigenvalue weighted by molar-refractivity contribution is 5.76. The summed E-state index contributed by atoms with van der Waals surface area (Å²) < 4.78 is 0. The Morgan fingerprint density at radius 2 is 1.63 bits per heavy atom. The van der Waals surface area contributed by atoms with Crippen LogP contribution >= 0.6 is 0 Å². The maximum Gasteiger partial charge on any atom is 0.315 e. The molecule has 0 spiro atoms. The fourth-order valence-electron chi connectivity index (χ4n) is 3.25. The number of hydrogen-bond donors (Lipinski definition) is 3. The first-order chi connectivity index (χ1) is 8.66. The molecule has 2 fully saturated rings. The summed E-state index contributed by atoms with van der Waals surface area (Å²) in [5.74, 6) is -1.06. The van der Waals surface area contributed by atoms with Crippen molar-refractivity contribution in [2.75, 3.05) is 0 Å². The van der Waals surface area contributed by atoms with E-state index >= 15 is 0 Å². The molecule has 0 radical (unpaired) electrons. The second-order valence-electron chi connectivity index (χ2n) is 7.04. The van der Waals surface area contributed by atoms with Gasteiger partial charge in [0.2, 0.25) is 0 Å². The summed E-state index contributed by atoms with van der Waals surface area (Å²) in [4.78, 5) is 22.8. The number of hydrogen-bond acceptors (Lipinski definition) is 2. The Bertz CT molecular complexity index is 389. The first-order valence-corrected chi connectivity index (χ1v) is 6.96. The second-order valence-corrected chi connectivity index (χ2v) is 7.04. The zero-order valence-electron chi connectivity index (χ0n) is 12.1. The van der Waals surface area contributed by atoms with Gasteiger partial charge in [-0.05, 0) is 30.1 Å². The molecule has 0 heterocycles. The summed E-state index contributed by atoms with van der Waals surface area (Å²) in [7, 11) is 0. The lowest BCUT2D eigenvalue weighted by Gasteiger charge is -2.14. The number of amides is 2. The van der Waals surface area contributed by atoms with E-state index in [2.05, 4.69) is 38.3 Å². The predicted octanol–water partition coefficient (Wildman–Crippen LogP) is 1.97. The third kappa shape index (κ3) is 2.42. The number of carbonyl (C=O) groups excluding carboxylic acids is 1. The van der Waals surface area contributed by atoms with Crippen LogP contribution in [0, 0.1) is 16.7 Å². The summed E-state index contributed by atoms with van der Waals surface area (Å²) in [5, 5.41) is 14.8. The summed E-state index contributed by atoms with van der Waals surface area (Å²) >= 11 is 0. The minimum Gasteiger partial charge on any atom is -0.481 e. The molecule has 0 bridgehead atoms. The summed E-state index contributed by atoms with van der Waals surface area (Å²) in [5.41, 5.74) is 0.229. The molecule has 2 aliphatic carbocycles. The molecular weight excluding hydrogens is 244 g/mol. The van der Waals surface area contributed by atoms with Crippen molar-refractivity contribution in [2.24, 2.45) is 16.7 Å². The van der Waals surface area contributed by atoms with Crippen molar-refractivity contribution in [2.45, 2.75) is 59.0 Å². The minimum absolute atomic E-state index is 0.00826. The van der Waals surface area contributed by atoms with Gasteiger partial charge in [-0.3, -0.25) is 4.79 Å². The second kappa shape index (κ2) is 4.39. The lowest BCUT2D eigenvalue weighted by atomic mass is 10.0. The Morgan fingerprint density at radius 1 is 1.05 bits per heavy atom. The zero-order valence-corrected chi connectivity index (χ0v) is 12.1. The molecule has 0 aliphatic heterocycles. The van der Waals surface area contributed by atoms with Gasteiger partial charge in [0, 0.05) is 12.1 Å². The average Bonchev–Trinajstić information content (AvgIpc) is 2.70. The first kappa shape index (κ1) is 14.2. The van der Waals surface area contributed by atoms with Crippen molar-refractivity contribution in [3.63, 3.8) is 0 Å². The van der Waals surface area contributed by atoms with Crippen LogP contribution in [0.2, 0.25) is 0 Å². The average molecular weight is 268 g/mol. The molecule has 108 valence electrons. The molecule has 5 nitrogen and oxygen atoms in total. The molecule has 0 unspecified atom stereocenters. The van der Waals surface area contributed by atoms with Crippen molar-refractivity contribution in [1.29, 1.82) is 0 Å². The highest BCUT2D eigenvalue weighted by Crippen LogP contribution is 2.62. The van der Waals surface area contributed by atoms with E-state index in [9.17, 15) is 9.59 Å². The number of aliphatic carboxylic acids is 1. The smallest absolute Gasteiger partial charge is 0.315 e. The Kier molecular flexibility index (Phi) is 3.27. The van der Waals surface area contributed by atoms with Gasteiger partial charge in [0.25, 0.3) is 0 Å². The monoisotopic (exact) mass is 268 g/mol. The van der Waals surface area contributed by atoms with Crippen LogP contribution in [-0.2, 0) is 4.79 Å². The van der Waals surface area contributed by atoms with Crippen molar-refractivity contribution in [3.05, 3.63) is 0 Å². The van der Waals surface area contributed by atoms with E-state index in [4.69, 9.17) is 5.11 Å². The SMILES string of the molecule is CC1(C)C(NC(=O)N[C@H]2CC[C@@H](C(=O)O)C2)C1(C)C. The molecule has 2 atom stereocenters. The molecule has 2 rings (SSSR count). The Labute approximate surface area is 114 Å². The zero-order chi connectivity index (χ0) is 14.4. The van der Waals surface area contributed by atoms with E-state index < -0.39 is 5.97 Å². The number of rotatable bonds is 3. The molecule has 2 aliphatic rings. The van der Waals surface area contributed by atoms with E-state index in [0.29, 0.717) is 12.8 Å². The van der Waals surface area contributed by atoms with Crippen LogP contribution in [-0.4, -0.2) is 29.2 Å². The maximum absolute atomic E-state index is 11.9. The number of carboxylic acids is 1. The third-order valence-electron chi connectivity index (χ3n) is 5.41. The lowest BCUT2D eigenvalue weighted by Crippen LogP contribution is -2.43. The highest BCUT2D eigenvalue weighted by atomic mass is 16.4. The van der Waals surface area contributed by atoms with Crippen LogP contribution in [0.15, 0.2) is 0 Å². The van der Waals surface area contributed by atoms with Gasteiger partial charge in [-0.1, -0.05) is 27.7 Å². The molecule has 0 saturated heterocycles. The Hall–Kier alpha value is -1.26. The summed E-state index contributed by atoms with van der Waals surface area (Å²) in [6.07, 6.45) is 1.95. The number of nitrogens with one attached hydrogen (secondary N) is 2. The molecule has 0 aromatic carbocycles. The van der Waals surface area contributed by atoms with E-state index in [0.717, 1.165) is 6.42 Å². The first-order valence-electron chi connectivity index (χ1n) is 6.96. The molecular formula is C14H24N2O3. The van der Waals surface area contributed by atoms with Gasteiger partial charge in [-0.25, -0.2) is 4.79 Å². The van der Waals surface area contributed by atoms with Crippen LogP contribution in [0.4, 0.5) is 4.79 Å². The number of carboxylic acid groups (broad SMARTS) is 1. The summed E-state index contributed by atoms with van der Waals surface area (Å²) in [6, 6.07) is 0.00226. The lowest BCUT2D eigenvalue weighted by molar-refractivity contribution is -0.141. The Morgan fingerprint density at radius 3 is 2.05 bits per heavy atom. The van der Waals surface area contributed by atoms with E-state index in [-0.39, 0.29) is 34.9 Å². The quantitative estimate of drug-likeness (QED) is 0.732. The molecule has 2 saturated carbocycles. The van der Waals surface area contributed by atoms with Crippen LogP contribution in [0.5, 0.6) is 0 Å². The molecule has 19 heavy (non-hydrogen) atoms. The maximum atomic E-state index is 11.9. The topological polar surface area (TPSA) is 78.4 Å². The molecule has 2 amide bonds. The van der Waals surface area contributed by atoms with E-state index in [1.165, 1.54) is 0 Å².